The Balaban J connectivity index is 2.19. The van der Waals surface area contributed by atoms with Crippen LogP contribution in [0.4, 0.5) is 5.69 Å². The SMILES string of the molecule is Cn1cc2c(=N)n(Nc3ccccc3)c(=O)[nH]c2n1. The summed E-state index contributed by atoms with van der Waals surface area (Å²) in [4.78, 5) is 14.6. The minimum atomic E-state index is -0.431. The predicted molar refractivity (Wildman–Crippen MR) is 70.6 cm³/mol. The van der Waals surface area contributed by atoms with Crippen molar-refractivity contribution in [2.45, 2.75) is 0 Å². The third-order valence-corrected chi connectivity index (χ3v) is 2.75. The van der Waals surface area contributed by atoms with Gasteiger partial charge in [-0.25, -0.2) is 4.79 Å². The van der Waals surface area contributed by atoms with Crippen LogP contribution >= 0.6 is 0 Å². The molecule has 3 aromatic rings. The maximum Gasteiger partial charge on any atom is 0.347 e. The number of aryl methyl sites for hydroxylation is 1. The fourth-order valence-electron chi connectivity index (χ4n) is 1.88. The second-order valence-electron chi connectivity index (χ2n) is 4.16. The Kier molecular flexibility index (Phi) is 2.45. The molecule has 2 aromatic heterocycles. The van der Waals surface area contributed by atoms with E-state index in [1.807, 2.05) is 30.3 Å². The van der Waals surface area contributed by atoms with E-state index in [2.05, 4.69) is 15.5 Å². The molecule has 0 amide bonds. The molecule has 3 N–H and O–H groups in total. The van der Waals surface area contributed by atoms with Gasteiger partial charge >= 0.3 is 5.69 Å². The Morgan fingerprint density at radius 1 is 1.32 bits per heavy atom. The number of nitrogens with one attached hydrogen (secondary N) is 3. The van der Waals surface area contributed by atoms with Crippen molar-refractivity contribution < 1.29 is 0 Å². The average Bonchev–Trinajstić information content (AvgIpc) is 2.76. The van der Waals surface area contributed by atoms with Gasteiger partial charge in [-0.15, -0.1) is 0 Å². The Hall–Kier alpha value is -2.83. The van der Waals surface area contributed by atoms with Crippen molar-refractivity contribution in [1.29, 1.82) is 5.41 Å². The highest BCUT2D eigenvalue weighted by Crippen LogP contribution is 2.04. The summed E-state index contributed by atoms with van der Waals surface area (Å²) in [6.07, 6.45) is 1.69. The molecular weight excluding hydrogens is 244 g/mol. The smallest absolute Gasteiger partial charge is 0.288 e. The average molecular weight is 256 g/mol. The van der Waals surface area contributed by atoms with Gasteiger partial charge in [0.15, 0.2) is 11.1 Å². The number of para-hydroxylation sites is 1. The minimum absolute atomic E-state index is 0.0655. The van der Waals surface area contributed by atoms with Crippen LogP contribution in [0.5, 0.6) is 0 Å². The highest BCUT2D eigenvalue weighted by atomic mass is 16.2. The molecule has 0 aliphatic carbocycles. The fourth-order valence-corrected chi connectivity index (χ4v) is 1.88. The van der Waals surface area contributed by atoms with Crippen LogP contribution in [0.15, 0.2) is 41.3 Å². The van der Waals surface area contributed by atoms with Gasteiger partial charge in [0.05, 0.1) is 11.1 Å². The van der Waals surface area contributed by atoms with Crippen LogP contribution in [0.25, 0.3) is 11.0 Å². The third kappa shape index (κ3) is 1.90. The first-order valence-electron chi connectivity index (χ1n) is 5.70. The molecule has 0 atom stereocenters. The minimum Gasteiger partial charge on any atom is -0.288 e. The highest BCUT2D eigenvalue weighted by molar-refractivity contribution is 5.71. The number of rotatable bonds is 2. The lowest BCUT2D eigenvalue weighted by atomic mass is 10.3. The van der Waals surface area contributed by atoms with E-state index in [-0.39, 0.29) is 5.49 Å². The second kappa shape index (κ2) is 4.13. The van der Waals surface area contributed by atoms with Crippen LogP contribution in [0.3, 0.4) is 0 Å². The zero-order chi connectivity index (χ0) is 13.4. The number of benzene rings is 1. The van der Waals surface area contributed by atoms with Crippen LogP contribution in [0.1, 0.15) is 0 Å². The van der Waals surface area contributed by atoms with Crippen molar-refractivity contribution in [2.75, 3.05) is 5.43 Å². The summed E-state index contributed by atoms with van der Waals surface area (Å²) in [5.74, 6) is 0. The Labute approximate surface area is 107 Å². The largest absolute Gasteiger partial charge is 0.347 e. The van der Waals surface area contributed by atoms with Crippen LogP contribution < -0.4 is 16.6 Å². The van der Waals surface area contributed by atoms with Gasteiger partial charge in [0.2, 0.25) is 0 Å². The van der Waals surface area contributed by atoms with Crippen LogP contribution in [0.2, 0.25) is 0 Å². The lowest BCUT2D eigenvalue weighted by molar-refractivity contribution is 0.770. The van der Waals surface area contributed by atoms with Gasteiger partial charge in [0.1, 0.15) is 0 Å². The zero-order valence-corrected chi connectivity index (χ0v) is 10.2. The number of nitrogens with zero attached hydrogens (tertiary/aromatic N) is 3. The summed E-state index contributed by atoms with van der Waals surface area (Å²) in [6.45, 7) is 0. The Morgan fingerprint density at radius 2 is 2.05 bits per heavy atom. The Morgan fingerprint density at radius 3 is 2.79 bits per heavy atom. The number of anilines is 1. The predicted octanol–water partition coefficient (Wildman–Crippen LogP) is 0.418. The second-order valence-corrected chi connectivity index (χ2v) is 4.16. The van der Waals surface area contributed by atoms with Crippen LogP contribution in [-0.4, -0.2) is 19.4 Å². The molecule has 2 heterocycles. The van der Waals surface area contributed by atoms with Crippen LogP contribution in [-0.2, 0) is 7.05 Å². The van der Waals surface area contributed by atoms with E-state index < -0.39 is 5.69 Å². The van der Waals surface area contributed by atoms with Gasteiger partial charge < -0.3 is 0 Å². The molecule has 0 bridgehead atoms. The molecule has 0 unspecified atom stereocenters. The molecular formula is C12H12N6O. The van der Waals surface area contributed by atoms with Gasteiger partial charge in [0.25, 0.3) is 0 Å². The zero-order valence-electron chi connectivity index (χ0n) is 10.2. The number of aromatic nitrogens is 4. The molecule has 1 aromatic carbocycles. The molecule has 19 heavy (non-hydrogen) atoms. The quantitative estimate of drug-likeness (QED) is 0.620. The normalized spacial score (nSPS) is 10.8. The highest BCUT2D eigenvalue weighted by Gasteiger charge is 2.07. The number of fused-ring (bicyclic) bond motifs is 1. The monoisotopic (exact) mass is 256 g/mol. The first-order chi connectivity index (χ1) is 9.15. The molecule has 0 aliphatic heterocycles. The molecule has 0 spiro atoms. The van der Waals surface area contributed by atoms with Gasteiger partial charge in [-0.2, -0.15) is 9.77 Å². The van der Waals surface area contributed by atoms with E-state index >= 15 is 0 Å². The number of aromatic amines is 1. The summed E-state index contributed by atoms with van der Waals surface area (Å²) in [5, 5.41) is 12.7. The standard InChI is InChI=1S/C12H12N6O/c1-17-7-9-10(13)18(12(19)14-11(9)16-17)15-8-5-3-2-4-6-8/h2-7,13,15H,1H3,(H,14,16,19). The van der Waals surface area contributed by atoms with Crippen molar-refractivity contribution in [3.05, 3.63) is 52.5 Å². The molecule has 0 fully saturated rings. The van der Waals surface area contributed by atoms with Gasteiger partial charge in [0, 0.05) is 13.2 Å². The molecule has 0 saturated heterocycles. The lowest BCUT2D eigenvalue weighted by Crippen LogP contribution is -2.39. The molecule has 0 radical (unpaired) electrons. The summed E-state index contributed by atoms with van der Waals surface area (Å²) < 4.78 is 2.71. The van der Waals surface area contributed by atoms with E-state index in [1.54, 1.807) is 17.9 Å². The van der Waals surface area contributed by atoms with E-state index in [4.69, 9.17) is 5.41 Å². The number of hydrogen-bond acceptors (Lipinski definition) is 4. The summed E-state index contributed by atoms with van der Waals surface area (Å²) in [7, 11) is 1.74. The summed E-state index contributed by atoms with van der Waals surface area (Å²) in [5.41, 5.74) is 3.66. The van der Waals surface area contributed by atoms with E-state index in [0.717, 1.165) is 10.4 Å². The first-order valence-corrected chi connectivity index (χ1v) is 5.70. The first kappa shape index (κ1) is 11.3. The van der Waals surface area contributed by atoms with Crippen LogP contribution in [0, 0.1) is 5.41 Å². The molecule has 0 saturated carbocycles. The van der Waals surface area contributed by atoms with E-state index in [9.17, 15) is 4.79 Å². The lowest BCUT2D eigenvalue weighted by Gasteiger charge is -2.08. The van der Waals surface area contributed by atoms with Crippen molar-refractivity contribution in [1.82, 2.24) is 19.4 Å². The molecule has 3 rings (SSSR count). The molecule has 7 nitrogen and oxygen atoms in total. The molecule has 0 aliphatic rings. The van der Waals surface area contributed by atoms with Crippen molar-refractivity contribution in [3.63, 3.8) is 0 Å². The van der Waals surface area contributed by atoms with E-state index in [1.165, 1.54) is 0 Å². The van der Waals surface area contributed by atoms with Crippen molar-refractivity contribution >= 4 is 16.7 Å². The molecule has 96 valence electrons. The van der Waals surface area contributed by atoms with Gasteiger partial charge in [-0.05, 0) is 12.1 Å². The topological polar surface area (TPSA) is 91.5 Å². The molecule has 7 heteroatoms. The van der Waals surface area contributed by atoms with Gasteiger partial charge in [-0.3, -0.25) is 20.5 Å². The maximum atomic E-state index is 11.9. The Bertz CT molecular complexity index is 842. The van der Waals surface area contributed by atoms with E-state index in [0.29, 0.717) is 11.0 Å². The van der Waals surface area contributed by atoms with Gasteiger partial charge in [-0.1, -0.05) is 18.2 Å². The number of hydrogen-bond donors (Lipinski definition) is 3. The maximum absolute atomic E-state index is 11.9. The fraction of sp³-hybridized carbons (Fsp3) is 0.0833. The van der Waals surface area contributed by atoms with Crippen molar-refractivity contribution in [3.8, 4) is 0 Å². The third-order valence-electron chi connectivity index (χ3n) is 2.75. The summed E-state index contributed by atoms with van der Waals surface area (Å²) >= 11 is 0. The summed E-state index contributed by atoms with van der Waals surface area (Å²) in [6, 6.07) is 9.22. The van der Waals surface area contributed by atoms with Crippen molar-refractivity contribution in [2.24, 2.45) is 7.05 Å². The number of H-pyrrole nitrogens is 1.